The van der Waals surface area contributed by atoms with Gasteiger partial charge in [0.15, 0.2) is 12.1 Å². The number of aliphatic hydroxyl groups is 2. The Labute approximate surface area is 257 Å². The van der Waals surface area contributed by atoms with E-state index in [2.05, 4.69) is 64.6 Å². The molecule has 0 amide bonds. The van der Waals surface area contributed by atoms with Gasteiger partial charge in [0.1, 0.15) is 12.0 Å². The predicted octanol–water partition coefficient (Wildman–Crippen LogP) is 5.16. The molecule has 0 aromatic rings. The monoisotopic (exact) mass is 596 g/mol. The van der Waals surface area contributed by atoms with Gasteiger partial charge in [0.25, 0.3) is 0 Å². The van der Waals surface area contributed by atoms with Crippen molar-refractivity contribution in [3.05, 3.63) is 13.2 Å². The summed E-state index contributed by atoms with van der Waals surface area (Å²) in [5.74, 6) is 0.352. The van der Waals surface area contributed by atoms with Crippen LogP contribution in [0.25, 0.3) is 0 Å². The van der Waals surface area contributed by atoms with Gasteiger partial charge in [-0.1, -0.05) is 41.5 Å². The van der Waals surface area contributed by atoms with Crippen LogP contribution in [0.3, 0.4) is 0 Å². The number of Topliss-reactive ketones (excluding diaryl/α,β-unsaturated/α-hetero) is 1. The first-order valence-electron chi connectivity index (χ1n) is 16.0. The van der Waals surface area contributed by atoms with Crippen LogP contribution in [0.1, 0.15) is 94.4 Å². The molecule has 3 heterocycles. The van der Waals surface area contributed by atoms with Gasteiger partial charge in [-0.3, -0.25) is 14.5 Å². The standard InChI is InChI=1S/C25H46N2O4.C7H14O2.C2H4/c1-17-11-20(28)12-18(2)22(29)25(6,7)23(30)31-15-21(26(8)13-17)19-9-10-27(14-19)16-24(3,4)5;1-5-3-6(2)9-7(8)4-5;1-2/h17-21,28H,9-16H2,1-8H3;5-8H,3-4H2,1-2H3;1-2H2/t17-,18-,19?,20-,21+;5-,6+,7+;/m10./s1. The Hall–Kier alpha value is -1.32. The molecule has 0 spiro atoms. The number of likely N-dealkylation sites (tertiary alicyclic amines) is 1. The molecular formula is C34H64N2O6. The Kier molecular flexibility index (Phi) is 15.9. The number of cyclic esters (lactones) is 1. The fourth-order valence-corrected chi connectivity index (χ4v) is 6.84. The maximum Gasteiger partial charge on any atom is 0.319 e. The van der Waals surface area contributed by atoms with Crippen LogP contribution < -0.4 is 0 Å². The normalized spacial score (nSPS) is 35.7. The van der Waals surface area contributed by atoms with Gasteiger partial charge in [0.2, 0.25) is 0 Å². The van der Waals surface area contributed by atoms with Gasteiger partial charge in [-0.15, -0.1) is 13.2 Å². The summed E-state index contributed by atoms with van der Waals surface area (Å²) in [5, 5.41) is 19.6. The summed E-state index contributed by atoms with van der Waals surface area (Å²) in [7, 11) is 2.10. The number of aliphatic hydroxyl groups excluding tert-OH is 2. The molecular weight excluding hydrogens is 532 g/mol. The van der Waals surface area contributed by atoms with Crippen LogP contribution in [0.4, 0.5) is 0 Å². The lowest BCUT2D eigenvalue weighted by Crippen LogP contribution is -2.46. The average Bonchev–Trinajstić information content (AvgIpc) is 3.29. The highest BCUT2D eigenvalue weighted by Gasteiger charge is 2.42. The second kappa shape index (κ2) is 17.2. The van der Waals surface area contributed by atoms with Crippen molar-refractivity contribution in [1.29, 1.82) is 0 Å². The minimum absolute atomic E-state index is 0.109. The molecule has 3 rings (SSSR count). The molecule has 3 saturated heterocycles. The minimum Gasteiger partial charge on any atom is -0.463 e. The zero-order valence-electron chi connectivity index (χ0n) is 28.5. The first-order valence-corrected chi connectivity index (χ1v) is 16.0. The SMILES string of the molecule is C=C.C[C@@H]1C[C@@H](O)C[C@@H](C)C(=O)C(C)(C)C(=O)OC[C@@H](C2CCN(CC(C)(C)C)C2)N(C)C1.C[C@H]1C[C@@H](C)O[C@@H](O)C1. The number of rotatable bonds is 2. The van der Waals surface area contributed by atoms with Crippen LogP contribution in [-0.2, 0) is 19.1 Å². The summed E-state index contributed by atoms with van der Waals surface area (Å²) in [4.78, 5) is 30.7. The summed E-state index contributed by atoms with van der Waals surface area (Å²) < 4.78 is 10.9. The van der Waals surface area contributed by atoms with Gasteiger partial charge >= 0.3 is 5.97 Å². The molecule has 42 heavy (non-hydrogen) atoms. The van der Waals surface area contributed by atoms with E-state index < -0.39 is 23.8 Å². The number of carbonyl (C=O) groups excluding carboxylic acids is 2. The van der Waals surface area contributed by atoms with Crippen molar-refractivity contribution in [1.82, 2.24) is 9.80 Å². The quantitative estimate of drug-likeness (QED) is 0.256. The van der Waals surface area contributed by atoms with Crippen LogP contribution in [0.15, 0.2) is 13.2 Å². The molecule has 0 aromatic heterocycles. The van der Waals surface area contributed by atoms with E-state index in [4.69, 9.17) is 14.6 Å². The van der Waals surface area contributed by atoms with Gasteiger partial charge in [-0.25, -0.2) is 0 Å². The van der Waals surface area contributed by atoms with E-state index >= 15 is 0 Å². The van der Waals surface area contributed by atoms with E-state index in [9.17, 15) is 14.7 Å². The Balaban J connectivity index is 0.000000673. The van der Waals surface area contributed by atoms with Gasteiger partial charge in [0, 0.05) is 38.0 Å². The number of hydrogen-bond acceptors (Lipinski definition) is 8. The van der Waals surface area contributed by atoms with E-state index in [1.54, 1.807) is 13.8 Å². The zero-order chi connectivity index (χ0) is 32.4. The zero-order valence-corrected chi connectivity index (χ0v) is 28.5. The van der Waals surface area contributed by atoms with Crippen LogP contribution in [0.2, 0.25) is 0 Å². The largest absolute Gasteiger partial charge is 0.463 e. The molecule has 3 aliphatic rings. The van der Waals surface area contributed by atoms with E-state index in [-0.39, 0.29) is 29.3 Å². The molecule has 3 fully saturated rings. The molecule has 0 aliphatic carbocycles. The maximum atomic E-state index is 13.0. The van der Waals surface area contributed by atoms with Crippen molar-refractivity contribution in [2.75, 3.05) is 39.8 Å². The lowest BCUT2D eigenvalue weighted by molar-refractivity contribution is -0.169. The van der Waals surface area contributed by atoms with Gasteiger partial charge in [-0.2, -0.15) is 0 Å². The van der Waals surface area contributed by atoms with Gasteiger partial charge < -0.3 is 24.6 Å². The third-order valence-electron chi connectivity index (χ3n) is 8.70. The number of ether oxygens (including phenoxy) is 2. The second-order valence-corrected chi connectivity index (χ2v) is 15.0. The van der Waals surface area contributed by atoms with Crippen LogP contribution in [0.5, 0.6) is 0 Å². The van der Waals surface area contributed by atoms with Gasteiger partial charge in [-0.05, 0) is 83.2 Å². The molecule has 1 unspecified atom stereocenters. The molecule has 0 radical (unpaired) electrons. The Morgan fingerprint density at radius 1 is 0.952 bits per heavy atom. The highest BCUT2D eigenvalue weighted by Crippen LogP contribution is 2.31. The molecule has 3 aliphatic heterocycles. The van der Waals surface area contributed by atoms with Crippen molar-refractivity contribution in [3.63, 3.8) is 0 Å². The molecule has 8 nitrogen and oxygen atoms in total. The third-order valence-corrected chi connectivity index (χ3v) is 8.70. The summed E-state index contributed by atoms with van der Waals surface area (Å²) in [6.07, 6.45) is 3.19. The smallest absolute Gasteiger partial charge is 0.319 e. The Bertz CT molecular complexity index is 802. The number of ketones is 1. The van der Waals surface area contributed by atoms with E-state index in [1.165, 1.54) is 0 Å². The van der Waals surface area contributed by atoms with Crippen molar-refractivity contribution < 1.29 is 29.3 Å². The fraction of sp³-hybridized carbons (Fsp3) is 0.882. The summed E-state index contributed by atoms with van der Waals surface area (Å²) in [5.41, 5.74) is -0.945. The number of nitrogens with zero attached hydrogens (tertiary/aromatic N) is 2. The number of esters is 1. The predicted molar refractivity (Wildman–Crippen MR) is 170 cm³/mol. The molecule has 2 N–H and O–H groups in total. The topological polar surface area (TPSA) is 99.5 Å². The molecule has 8 heteroatoms. The number of likely N-dealkylation sites (N-methyl/N-ethyl adjacent to an activating group) is 1. The number of hydrogen-bond donors (Lipinski definition) is 2. The summed E-state index contributed by atoms with van der Waals surface area (Å²) in [6, 6.07) is 0.109. The summed E-state index contributed by atoms with van der Waals surface area (Å²) >= 11 is 0. The van der Waals surface area contributed by atoms with Crippen LogP contribution >= 0.6 is 0 Å². The number of carbonyl (C=O) groups is 2. The van der Waals surface area contributed by atoms with E-state index in [1.807, 2.05) is 13.8 Å². The highest BCUT2D eigenvalue weighted by atomic mass is 16.6. The first-order chi connectivity index (χ1) is 19.4. The van der Waals surface area contributed by atoms with Crippen molar-refractivity contribution in [2.45, 2.75) is 119 Å². The summed E-state index contributed by atoms with van der Waals surface area (Å²) in [6.45, 7) is 28.5. The lowest BCUT2D eigenvalue weighted by Gasteiger charge is -2.35. The maximum absolute atomic E-state index is 13.0. The minimum atomic E-state index is -1.20. The average molecular weight is 597 g/mol. The highest BCUT2D eigenvalue weighted by molar-refractivity contribution is 6.03. The van der Waals surface area contributed by atoms with Crippen LogP contribution in [0, 0.1) is 34.5 Å². The lowest BCUT2D eigenvalue weighted by atomic mass is 9.79. The molecule has 246 valence electrons. The fourth-order valence-electron chi connectivity index (χ4n) is 6.84. The Morgan fingerprint density at radius 3 is 2.12 bits per heavy atom. The van der Waals surface area contributed by atoms with Crippen molar-refractivity contribution in [3.8, 4) is 0 Å². The van der Waals surface area contributed by atoms with Crippen molar-refractivity contribution in [2.24, 2.45) is 34.5 Å². The Morgan fingerprint density at radius 2 is 1.57 bits per heavy atom. The van der Waals surface area contributed by atoms with Gasteiger partial charge in [0.05, 0.1) is 12.2 Å². The molecule has 0 bridgehead atoms. The third kappa shape index (κ3) is 12.7. The second-order valence-electron chi connectivity index (χ2n) is 15.0. The van der Waals surface area contributed by atoms with Crippen LogP contribution in [-0.4, -0.2) is 96.1 Å². The van der Waals surface area contributed by atoms with Crippen molar-refractivity contribution >= 4 is 11.8 Å². The molecule has 8 atom stereocenters. The van der Waals surface area contributed by atoms with E-state index in [0.29, 0.717) is 37.2 Å². The van der Waals surface area contributed by atoms with E-state index in [0.717, 1.165) is 45.4 Å². The first kappa shape index (κ1) is 38.7. The molecule has 0 saturated carbocycles. The molecule has 0 aromatic carbocycles.